The van der Waals surface area contributed by atoms with E-state index in [9.17, 15) is 9.59 Å². The molecule has 0 radical (unpaired) electrons. The third-order valence-electron chi connectivity index (χ3n) is 3.04. The maximum atomic E-state index is 11.7. The average Bonchev–Trinajstić information content (AvgIpc) is 2.54. The van der Waals surface area contributed by atoms with E-state index in [4.69, 9.17) is 10.4 Å². The summed E-state index contributed by atoms with van der Waals surface area (Å²) in [7, 11) is 1.26. The smallest absolute Gasteiger partial charge is 0.338 e. The number of aliphatic carboxylic acids is 1. The molecule has 0 fully saturated rings. The zero-order valence-electron chi connectivity index (χ0n) is 12.3. The molecular formula is C17H13NO4S. The lowest BCUT2D eigenvalue weighted by molar-refractivity contribution is -0.136. The van der Waals surface area contributed by atoms with Gasteiger partial charge in [0.25, 0.3) is 0 Å². The molecule has 0 heterocycles. The number of ether oxygens (including phenoxy) is 1. The second-order valence-electron chi connectivity index (χ2n) is 4.62. The van der Waals surface area contributed by atoms with Gasteiger partial charge in [-0.15, -0.1) is 0 Å². The third kappa shape index (κ3) is 4.34. The standard InChI is InChI=1S/C17H13NO4S/c1-22-17(21)15-7-6-14(8-12(15)9-16(19)20)23-13-4-2-11(10-18)3-5-13/h2-8H,9H2,1H3,(H,19,20). The summed E-state index contributed by atoms with van der Waals surface area (Å²) in [6, 6.07) is 14.1. The van der Waals surface area contributed by atoms with E-state index in [0.29, 0.717) is 11.1 Å². The number of carbonyl (C=O) groups excluding carboxylic acids is 1. The number of nitriles is 1. The monoisotopic (exact) mass is 327 g/mol. The molecule has 0 aliphatic heterocycles. The number of benzene rings is 2. The molecule has 1 N–H and O–H groups in total. The Bertz CT molecular complexity index is 778. The van der Waals surface area contributed by atoms with Crippen LogP contribution in [0.2, 0.25) is 0 Å². The summed E-state index contributed by atoms with van der Waals surface area (Å²) in [5, 5.41) is 17.8. The first-order valence-electron chi connectivity index (χ1n) is 6.64. The van der Waals surface area contributed by atoms with E-state index in [-0.39, 0.29) is 12.0 Å². The van der Waals surface area contributed by atoms with Gasteiger partial charge < -0.3 is 9.84 Å². The van der Waals surface area contributed by atoms with E-state index in [1.807, 2.05) is 18.2 Å². The van der Waals surface area contributed by atoms with Gasteiger partial charge in [0.1, 0.15) is 0 Å². The topological polar surface area (TPSA) is 87.4 Å². The van der Waals surface area contributed by atoms with Gasteiger partial charge in [0, 0.05) is 9.79 Å². The quantitative estimate of drug-likeness (QED) is 0.849. The third-order valence-corrected chi connectivity index (χ3v) is 4.04. The van der Waals surface area contributed by atoms with E-state index >= 15 is 0 Å². The number of methoxy groups -OCH3 is 1. The summed E-state index contributed by atoms with van der Waals surface area (Å²) in [5.74, 6) is -1.58. The lowest BCUT2D eigenvalue weighted by Gasteiger charge is -2.09. The second-order valence-corrected chi connectivity index (χ2v) is 5.77. The van der Waals surface area contributed by atoms with Crippen molar-refractivity contribution in [3.8, 4) is 6.07 Å². The number of esters is 1. The minimum Gasteiger partial charge on any atom is -0.481 e. The Labute approximate surface area is 137 Å². The molecule has 2 rings (SSSR count). The van der Waals surface area contributed by atoms with Crippen LogP contribution in [0.1, 0.15) is 21.5 Å². The van der Waals surface area contributed by atoms with Crippen LogP contribution in [0.25, 0.3) is 0 Å². The number of rotatable bonds is 5. The molecule has 0 saturated heterocycles. The van der Waals surface area contributed by atoms with Crippen molar-refractivity contribution >= 4 is 23.7 Å². The lowest BCUT2D eigenvalue weighted by Crippen LogP contribution is -2.09. The predicted octanol–water partition coefficient (Wildman–Crippen LogP) is 3.12. The number of carbonyl (C=O) groups is 2. The second kappa shape index (κ2) is 7.47. The Morgan fingerprint density at radius 1 is 1.17 bits per heavy atom. The molecule has 23 heavy (non-hydrogen) atoms. The summed E-state index contributed by atoms with van der Waals surface area (Å²) in [6.45, 7) is 0. The van der Waals surface area contributed by atoms with Crippen molar-refractivity contribution in [2.45, 2.75) is 16.2 Å². The van der Waals surface area contributed by atoms with Crippen LogP contribution in [-0.2, 0) is 16.0 Å². The van der Waals surface area contributed by atoms with Gasteiger partial charge in [-0.25, -0.2) is 4.79 Å². The molecule has 116 valence electrons. The van der Waals surface area contributed by atoms with E-state index in [0.717, 1.165) is 9.79 Å². The molecule has 0 amide bonds. The minimum atomic E-state index is -1.02. The normalized spacial score (nSPS) is 9.91. The van der Waals surface area contributed by atoms with E-state index in [1.54, 1.807) is 30.3 Å². The van der Waals surface area contributed by atoms with Gasteiger partial charge in [-0.1, -0.05) is 11.8 Å². The minimum absolute atomic E-state index is 0.249. The average molecular weight is 327 g/mol. The summed E-state index contributed by atoms with van der Waals surface area (Å²) >= 11 is 1.42. The molecule has 0 atom stereocenters. The SMILES string of the molecule is COC(=O)c1ccc(Sc2ccc(C#N)cc2)cc1CC(=O)O. The Morgan fingerprint density at radius 2 is 1.83 bits per heavy atom. The van der Waals surface area contributed by atoms with Crippen molar-refractivity contribution in [3.05, 3.63) is 59.2 Å². The highest BCUT2D eigenvalue weighted by Crippen LogP contribution is 2.29. The van der Waals surface area contributed by atoms with Crippen molar-refractivity contribution < 1.29 is 19.4 Å². The van der Waals surface area contributed by atoms with Gasteiger partial charge in [0.15, 0.2) is 0 Å². The zero-order valence-corrected chi connectivity index (χ0v) is 13.1. The van der Waals surface area contributed by atoms with Crippen LogP contribution in [0.5, 0.6) is 0 Å². The van der Waals surface area contributed by atoms with Gasteiger partial charge in [-0.3, -0.25) is 4.79 Å². The highest BCUT2D eigenvalue weighted by atomic mass is 32.2. The summed E-state index contributed by atoms with van der Waals surface area (Å²) in [4.78, 5) is 24.4. The fourth-order valence-electron chi connectivity index (χ4n) is 1.99. The van der Waals surface area contributed by atoms with Crippen molar-refractivity contribution in [1.29, 1.82) is 5.26 Å². The fraction of sp³-hybridized carbons (Fsp3) is 0.118. The molecule has 0 aromatic heterocycles. The van der Waals surface area contributed by atoms with Crippen molar-refractivity contribution in [1.82, 2.24) is 0 Å². The maximum Gasteiger partial charge on any atom is 0.338 e. The van der Waals surface area contributed by atoms with E-state index in [2.05, 4.69) is 4.74 Å². The summed E-state index contributed by atoms with van der Waals surface area (Å²) in [6.07, 6.45) is -0.258. The fourth-order valence-corrected chi connectivity index (χ4v) is 2.87. The van der Waals surface area contributed by atoms with Crippen LogP contribution >= 0.6 is 11.8 Å². The number of hydrogen-bond donors (Lipinski definition) is 1. The summed E-state index contributed by atoms with van der Waals surface area (Å²) < 4.78 is 4.67. The summed E-state index contributed by atoms with van der Waals surface area (Å²) in [5.41, 5.74) is 1.23. The largest absolute Gasteiger partial charge is 0.481 e. The van der Waals surface area contributed by atoms with Crippen LogP contribution in [0, 0.1) is 11.3 Å². The molecule has 0 saturated carbocycles. The van der Waals surface area contributed by atoms with Crippen LogP contribution in [-0.4, -0.2) is 24.2 Å². The van der Waals surface area contributed by atoms with Crippen LogP contribution < -0.4 is 0 Å². The molecule has 6 heteroatoms. The van der Waals surface area contributed by atoms with Crippen LogP contribution in [0.3, 0.4) is 0 Å². The first-order chi connectivity index (χ1) is 11.0. The molecule has 2 aromatic rings. The van der Waals surface area contributed by atoms with Gasteiger partial charge in [-0.05, 0) is 48.0 Å². The van der Waals surface area contributed by atoms with Gasteiger partial charge in [-0.2, -0.15) is 5.26 Å². The zero-order chi connectivity index (χ0) is 16.8. The Kier molecular flexibility index (Phi) is 5.39. The van der Waals surface area contributed by atoms with Crippen molar-refractivity contribution in [3.63, 3.8) is 0 Å². The molecule has 0 aliphatic rings. The Hall–Kier alpha value is -2.78. The van der Waals surface area contributed by atoms with E-state index < -0.39 is 11.9 Å². The van der Waals surface area contributed by atoms with Crippen LogP contribution in [0.15, 0.2) is 52.3 Å². The molecule has 0 bridgehead atoms. The highest BCUT2D eigenvalue weighted by molar-refractivity contribution is 7.99. The number of hydrogen-bond acceptors (Lipinski definition) is 5. The molecule has 5 nitrogen and oxygen atoms in total. The van der Waals surface area contributed by atoms with Gasteiger partial charge in [0.2, 0.25) is 0 Å². The van der Waals surface area contributed by atoms with Crippen molar-refractivity contribution in [2.24, 2.45) is 0 Å². The Balaban J connectivity index is 2.30. The first kappa shape index (κ1) is 16.6. The molecule has 0 unspecified atom stereocenters. The number of carboxylic acids is 1. The maximum absolute atomic E-state index is 11.7. The lowest BCUT2D eigenvalue weighted by atomic mass is 10.0. The number of nitrogens with zero attached hydrogens (tertiary/aromatic N) is 1. The van der Waals surface area contributed by atoms with Crippen molar-refractivity contribution in [2.75, 3.05) is 7.11 Å². The van der Waals surface area contributed by atoms with Crippen LogP contribution in [0.4, 0.5) is 0 Å². The molecule has 0 spiro atoms. The Morgan fingerprint density at radius 3 is 2.39 bits per heavy atom. The number of carboxylic acid groups (broad SMARTS) is 1. The van der Waals surface area contributed by atoms with Gasteiger partial charge in [0.05, 0.1) is 30.7 Å². The molecule has 2 aromatic carbocycles. The first-order valence-corrected chi connectivity index (χ1v) is 7.46. The van der Waals surface area contributed by atoms with Gasteiger partial charge >= 0.3 is 11.9 Å². The predicted molar refractivity (Wildman–Crippen MR) is 84.4 cm³/mol. The van der Waals surface area contributed by atoms with E-state index in [1.165, 1.54) is 18.9 Å². The molecular weight excluding hydrogens is 314 g/mol. The highest BCUT2D eigenvalue weighted by Gasteiger charge is 2.15. The molecule has 0 aliphatic carbocycles.